The Morgan fingerprint density at radius 1 is 1.30 bits per heavy atom. The fourth-order valence-electron chi connectivity index (χ4n) is 2.04. The first-order valence-electron chi connectivity index (χ1n) is 6.35. The minimum absolute atomic E-state index is 0.344. The molecule has 2 aromatic heterocycles. The molecular weight excluding hydrogens is 254 g/mol. The molecule has 0 aliphatic heterocycles. The summed E-state index contributed by atoms with van der Waals surface area (Å²) in [6.07, 6.45) is 4.84. The smallest absolute Gasteiger partial charge is 0.341 e. The fourth-order valence-corrected chi connectivity index (χ4v) is 2.04. The number of fused-ring (bicyclic) bond motifs is 1. The number of rotatable bonds is 3. The van der Waals surface area contributed by atoms with Gasteiger partial charge in [-0.25, -0.2) is 14.5 Å². The van der Waals surface area contributed by atoms with Crippen molar-refractivity contribution in [1.82, 2.24) is 14.8 Å². The number of carbonyl (C=O) groups excluding carboxylic acids is 1. The zero-order chi connectivity index (χ0) is 13.9. The first-order valence-corrected chi connectivity index (χ1v) is 6.35. The molecule has 0 saturated carbocycles. The Morgan fingerprint density at radius 2 is 2.15 bits per heavy atom. The van der Waals surface area contributed by atoms with Crippen LogP contribution in [0.3, 0.4) is 0 Å². The van der Waals surface area contributed by atoms with Gasteiger partial charge in [0.15, 0.2) is 5.82 Å². The molecule has 5 heteroatoms. The monoisotopic (exact) mass is 267 g/mol. The number of hydrogen-bond donors (Lipinski definition) is 0. The average Bonchev–Trinajstić information content (AvgIpc) is 2.97. The van der Waals surface area contributed by atoms with Gasteiger partial charge in [0.1, 0.15) is 0 Å². The molecule has 0 aliphatic rings. The van der Waals surface area contributed by atoms with Crippen LogP contribution in [-0.4, -0.2) is 27.3 Å². The van der Waals surface area contributed by atoms with Crippen molar-refractivity contribution in [3.63, 3.8) is 0 Å². The minimum Gasteiger partial charge on any atom is -0.462 e. The summed E-state index contributed by atoms with van der Waals surface area (Å²) < 4.78 is 6.54. The Morgan fingerprint density at radius 3 is 3.00 bits per heavy atom. The molecule has 2 heterocycles. The highest BCUT2D eigenvalue weighted by Crippen LogP contribution is 2.19. The van der Waals surface area contributed by atoms with Gasteiger partial charge in [0, 0.05) is 17.8 Å². The van der Waals surface area contributed by atoms with Gasteiger partial charge in [0.25, 0.3) is 0 Å². The van der Waals surface area contributed by atoms with Gasteiger partial charge < -0.3 is 4.74 Å². The normalized spacial score (nSPS) is 10.7. The second-order valence-electron chi connectivity index (χ2n) is 4.25. The summed E-state index contributed by atoms with van der Waals surface area (Å²) in [5.41, 5.74) is 0.418. The van der Waals surface area contributed by atoms with E-state index in [2.05, 4.69) is 10.1 Å². The summed E-state index contributed by atoms with van der Waals surface area (Å²) >= 11 is 0. The van der Waals surface area contributed by atoms with E-state index < -0.39 is 0 Å². The summed E-state index contributed by atoms with van der Waals surface area (Å²) in [4.78, 5) is 16.0. The van der Waals surface area contributed by atoms with Crippen LogP contribution in [0.4, 0.5) is 0 Å². The van der Waals surface area contributed by atoms with Crippen LogP contribution < -0.4 is 0 Å². The maximum absolute atomic E-state index is 11.7. The first-order chi connectivity index (χ1) is 9.79. The van der Waals surface area contributed by atoms with Crippen molar-refractivity contribution in [2.75, 3.05) is 6.61 Å². The number of pyridine rings is 1. The lowest BCUT2D eigenvalue weighted by molar-refractivity contribution is 0.0526. The molecule has 0 N–H and O–H groups in total. The Kier molecular flexibility index (Phi) is 3.16. The maximum atomic E-state index is 11.7. The van der Waals surface area contributed by atoms with Crippen molar-refractivity contribution in [2.24, 2.45) is 0 Å². The second-order valence-corrected chi connectivity index (χ2v) is 4.25. The van der Waals surface area contributed by atoms with Crippen molar-refractivity contribution in [3.05, 3.63) is 54.5 Å². The van der Waals surface area contributed by atoms with E-state index in [1.165, 1.54) is 6.20 Å². The molecule has 20 heavy (non-hydrogen) atoms. The van der Waals surface area contributed by atoms with E-state index in [0.29, 0.717) is 18.0 Å². The van der Waals surface area contributed by atoms with E-state index >= 15 is 0 Å². The summed E-state index contributed by atoms with van der Waals surface area (Å²) in [5.74, 6) is 0.317. The largest absolute Gasteiger partial charge is 0.462 e. The molecule has 0 amide bonds. The SMILES string of the molecule is CCOC(=O)c1cnn(-c2nccc3ccccc23)c1. The van der Waals surface area contributed by atoms with Crippen LogP contribution in [0.1, 0.15) is 17.3 Å². The Balaban J connectivity index is 2.06. The predicted octanol–water partition coefficient (Wildman–Crippen LogP) is 2.60. The molecule has 0 radical (unpaired) electrons. The number of carbonyl (C=O) groups is 1. The van der Waals surface area contributed by atoms with Crippen LogP contribution in [0.25, 0.3) is 16.6 Å². The predicted molar refractivity (Wildman–Crippen MR) is 74.8 cm³/mol. The fraction of sp³-hybridized carbons (Fsp3) is 0.133. The van der Waals surface area contributed by atoms with Crippen LogP contribution in [0.2, 0.25) is 0 Å². The van der Waals surface area contributed by atoms with Gasteiger partial charge in [-0.3, -0.25) is 0 Å². The molecule has 0 bridgehead atoms. The van der Waals surface area contributed by atoms with Crippen molar-refractivity contribution in [3.8, 4) is 5.82 Å². The number of ether oxygens (including phenoxy) is 1. The third-order valence-electron chi connectivity index (χ3n) is 2.96. The molecule has 0 aliphatic carbocycles. The van der Waals surface area contributed by atoms with E-state index in [0.717, 1.165) is 10.8 Å². The summed E-state index contributed by atoms with van der Waals surface area (Å²) in [7, 11) is 0. The maximum Gasteiger partial charge on any atom is 0.341 e. The highest BCUT2D eigenvalue weighted by atomic mass is 16.5. The van der Waals surface area contributed by atoms with Crippen molar-refractivity contribution in [1.29, 1.82) is 0 Å². The quantitative estimate of drug-likeness (QED) is 0.684. The van der Waals surface area contributed by atoms with Crippen LogP contribution in [0.5, 0.6) is 0 Å². The van der Waals surface area contributed by atoms with Gasteiger partial charge in [-0.05, 0) is 18.4 Å². The zero-order valence-corrected chi connectivity index (χ0v) is 11.0. The van der Waals surface area contributed by atoms with Gasteiger partial charge >= 0.3 is 5.97 Å². The Labute approximate surface area is 115 Å². The van der Waals surface area contributed by atoms with Crippen LogP contribution in [-0.2, 0) is 4.74 Å². The molecule has 0 spiro atoms. The third-order valence-corrected chi connectivity index (χ3v) is 2.96. The number of nitrogens with zero attached hydrogens (tertiary/aromatic N) is 3. The lowest BCUT2D eigenvalue weighted by Crippen LogP contribution is -2.03. The van der Waals surface area contributed by atoms with Crippen LogP contribution >= 0.6 is 0 Å². The molecule has 3 aromatic rings. The van der Waals surface area contributed by atoms with Crippen molar-refractivity contribution in [2.45, 2.75) is 6.92 Å². The highest BCUT2D eigenvalue weighted by Gasteiger charge is 2.12. The van der Waals surface area contributed by atoms with Gasteiger partial charge in [0.05, 0.1) is 18.4 Å². The molecule has 0 atom stereocenters. The van der Waals surface area contributed by atoms with E-state index in [1.54, 1.807) is 24.0 Å². The lowest BCUT2D eigenvalue weighted by Gasteiger charge is -2.04. The third kappa shape index (κ3) is 2.14. The van der Waals surface area contributed by atoms with E-state index in [9.17, 15) is 4.79 Å². The molecule has 5 nitrogen and oxygen atoms in total. The molecule has 100 valence electrons. The standard InChI is InChI=1S/C15H13N3O2/c1-2-20-15(19)12-9-17-18(10-12)14-13-6-4-3-5-11(13)7-8-16-14/h3-10H,2H2,1H3. The van der Waals surface area contributed by atoms with Gasteiger partial charge in [-0.2, -0.15) is 5.10 Å². The van der Waals surface area contributed by atoms with Gasteiger partial charge in [0.2, 0.25) is 0 Å². The molecule has 1 aromatic carbocycles. The summed E-state index contributed by atoms with van der Waals surface area (Å²) in [6.45, 7) is 2.12. The first kappa shape index (κ1) is 12.3. The molecular formula is C15H13N3O2. The molecule has 0 unspecified atom stereocenters. The Bertz CT molecular complexity index is 759. The zero-order valence-electron chi connectivity index (χ0n) is 11.0. The molecule has 0 saturated heterocycles. The molecule has 3 rings (SSSR count). The minimum atomic E-state index is -0.376. The summed E-state index contributed by atoms with van der Waals surface area (Å²) in [5, 5.41) is 6.25. The van der Waals surface area contributed by atoms with Crippen molar-refractivity contribution < 1.29 is 9.53 Å². The van der Waals surface area contributed by atoms with Gasteiger partial charge in [-0.15, -0.1) is 0 Å². The van der Waals surface area contributed by atoms with E-state index in [-0.39, 0.29) is 5.97 Å². The second kappa shape index (κ2) is 5.13. The average molecular weight is 267 g/mol. The number of hydrogen-bond acceptors (Lipinski definition) is 4. The van der Waals surface area contributed by atoms with Gasteiger partial charge in [-0.1, -0.05) is 24.3 Å². The van der Waals surface area contributed by atoms with Crippen LogP contribution in [0.15, 0.2) is 48.9 Å². The van der Waals surface area contributed by atoms with Crippen LogP contribution in [0, 0.1) is 0 Å². The summed E-state index contributed by atoms with van der Waals surface area (Å²) in [6, 6.07) is 9.84. The number of benzene rings is 1. The lowest BCUT2D eigenvalue weighted by atomic mass is 10.1. The number of aromatic nitrogens is 3. The molecule has 0 fully saturated rings. The Hall–Kier alpha value is -2.69. The number of esters is 1. The topological polar surface area (TPSA) is 57.0 Å². The van der Waals surface area contributed by atoms with E-state index in [1.807, 2.05) is 30.3 Å². The highest BCUT2D eigenvalue weighted by molar-refractivity contribution is 5.90. The van der Waals surface area contributed by atoms with Crippen molar-refractivity contribution >= 4 is 16.7 Å². The van der Waals surface area contributed by atoms with E-state index in [4.69, 9.17) is 4.74 Å².